The van der Waals surface area contributed by atoms with Gasteiger partial charge in [0.25, 0.3) is 0 Å². The average molecular weight is 256 g/mol. The smallest absolute Gasteiger partial charge is 0.142 e. The van der Waals surface area contributed by atoms with E-state index in [-0.39, 0.29) is 23.9 Å². The summed E-state index contributed by atoms with van der Waals surface area (Å²) in [5.74, 6) is 0.0361. The molecule has 5 heteroatoms. The number of nitrogens with two attached hydrogens (primary N) is 1. The molecule has 1 saturated heterocycles. The van der Waals surface area contributed by atoms with Gasteiger partial charge in [-0.05, 0) is 12.5 Å². The number of phenolic OH excluding ortho intramolecular Hbond substituents is 1. The van der Waals surface area contributed by atoms with Crippen molar-refractivity contribution >= 4 is 23.1 Å². The van der Waals surface area contributed by atoms with Gasteiger partial charge in [-0.15, -0.1) is 0 Å². The van der Waals surface area contributed by atoms with Gasteiger partial charge in [-0.3, -0.25) is 4.79 Å². The van der Waals surface area contributed by atoms with Gasteiger partial charge in [-0.25, -0.2) is 0 Å². The van der Waals surface area contributed by atoms with Crippen LogP contribution in [-0.2, 0) is 16.0 Å². The molecule has 0 aromatic heterocycles. The molecule has 0 aliphatic carbocycles. The van der Waals surface area contributed by atoms with Crippen LogP contribution in [0.3, 0.4) is 0 Å². The van der Waals surface area contributed by atoms with E-state index in [0.717, 1.165) is 6.42 Å². The van der Waals surface area contributed by atoms with Crippen LogP contribution in [0.5, 0.6) is 5.75 Å². The average Bonchev–Trinajstić information content (AvgIpc) is 2.76. The summed E-state index contributed by atoms with van der Waals surface area (Å²) in [6, 6.07) is 2.80. The van der Waals surface area contributed by atoms with E-state index in [1.165, 1.54) is 12.1 Å². The minimum Gasteiger partial charge on any atom is -0.508 e. The number of rotatable bonds is 3. The highest BCUT2D eigenvalue weighted by Gasteiger charge is 2.24. The predicted octanol–water partition coefficient (Wildman–Crippen LogP) is 1.78. The summed E-state index contributed by atoms with van der Waals surface area (Å²) in [5.41, 5.74) is 6.68. The number of Topliss-reactive ketones (excluding diaryl/α,β-unsaturated/α-hetero) is 1. The Labute approximate surface area is 104 Å². The first-order valence-corrected chi connectivity index (χ1v) is 5.83. The Bertz CT molecular complexity index is 418. The highest BCUT2D eigenvalue weighted by molar-refractivity contribution is 6.32. The molecule has 0 bridgehead atoms. The van der Waals surface area contributed by atoms with Crippen molar-refractivity contribution in [2.24, 2.45) is 5.92 Å². The van der Waals surface area contributed by atoms with Gasteiger partial charge in [0.1, 0.15) is 11.5 Å². The van der Waals surface area contributed by atoms with Crippen LogP contribution in [0, 0.1) is 5.92 Å². The molecule has 4 nitrogen and oxygen atoms in total. The van der Waals surface area contributed by atoms with Crippen molar-refractivity contribution in [1.82, 2.24) is 0 Å². The van der Waals surface area contributed by atoms with Crippen molar-refractivity contribution in [3.05, 3.63) is 22.7 Å². The minimum atomic E-state index is -0.0562. The van der Waals surface area contributed by atoms with Gasteiger partial charge in [0.15, 0.2) is 0 Å². The van der Waals surface area contributed by atoms with Crippen molar-refractivity contribution in [3.63, 3.8) is 0 Å². The first kappa shape index (κ1) is 12.2. The molecule has 1 fully saturated rings. The molecule has 3 N–H and O–H groups in total. The number of hydrogen-bond donors (Lipinski definition) is 2. The number of halogens is 1. The summed E-state index contributed by atoms with van der Waals surface area (Å²) in [5, 5.41) is 9.62. The largest absolute Gasteiger partial charge is 0.508 e. The molecule has 1 atom stereocenters. The number of aromatic hydroxyl groups is 1. The lowest BCUT2D eigenvalue weighted by Gasteiger charge is -2.10. The fourth-order valence-corrected chi connectivity index (χ4v) is 2.22. The van der Waals surface area contributed by atoms with Gasteiger partial charge in [-0.2, -0.15) is 0 Å². The highest BCUT2D eigenvalue weighted by Crippen LogP contribution is 2.29. The summed E-state index contributed by atoms with van der Waals surface area (Å²) in [6.45, 7) is 1.11. The number of ketones is 1. The summed E-state index contributed by atoms with van der Waals surface area (Å²) >= 11 is 5.96. The zero-order chi connectivity index (χ0) is 12.4. The molecule has 92 valence electrons. The summed E-state index contributed by atoms with van der Waals surface area (Å²) < 4.78 is 5.17. The Balaban J connectivity index is 2.15. The van der Waals surface area contributed by atoms with Crippen molar-refractivity contribution in [1.29, 1.82) is 0 Å². The lowest BCUT2D eigenvalue weighted by atomic mass is 9.96. The number of nitrogen functional groups attached to an aromatic ring is 1. The summed E-state index contributed by atoms with van der Waals surface area (Å²) in [7, 11) is 0. The molecule has 0 amide bonds. The fourth-order valence-electron chi connectivity index (χ4n) is 1.94. The van der Waals surface area contributed by atoms with Crippen LogP contribution in [0.15, 0.2) is 12.1 Å². The first-order chi connectivity index (χ1) is 8.08. The third-order valence-electron chi connectivity index (χ3n) is 2.95. The van der Waals surface area contributed by atoms with Crippen LogP contribution in [0.2, 0.25) is 5.02 Å². The maximum atomic E-state index is 11.9. The minimum absolute atomic E-state index is 0.00731. The van der Waals surface area contributed by atoms with Crippen LogP contribution in [0.4, 0.5) is 5.69 Å². The molecule has 1 heterocycles. The predicted molar refractivity (Wildman–Crippen MR) is 65.2 cm³/mol. The number of benzene rings is 1. The second-order valence-corrected chi connectivity index (χ2v) is 4.61. The standard InChI is InChI=1S/C12H14ClNO3/c13-10-3-8(15)4-11(14)9(10)5-12(16)7-1-2-17-6-7/h3-4,7,15H,1-2,5-6,14H2. The number of carbonyl (C=O) groups excluding carboxylic acids is 1. The van der Waals surface area contributed by atoms with E-state index in [1.54, 1.807) is 0 Å². The molecule has 1 aliphatic rings. The van der Waals surface area contributed by atoms with Gasteiger partial charge in [0.2, 0.25) is 0 Å². The molecule has 0 spiro atoms. The maximum Gasteiger partial charge on any atom is 0.142 e. The van der Waals surface area contributed by atoms with Crippen LogP contribution < -0.4 is 5.73 Å². The van der Waals surface area contributed by atoms with Crippen LogP contribution in [0.25, 0.3) is 0 Å². The number of carbonyl (C=O) groups is 1. The molecule has 2 rings (SSSR count). The number of hydrogen-bond acceptors (Lipinski definition) is 4. The van der Waals surface area contributed by atoms with Crippen LogP contribution >= 0.6 is 11.6 Å². The van der Waals surface area contributed by atoms with Gasteiger partial charge in [0, 0.05) is 41.3 Å². The Kier molecular flexibility index (Phi) is 3.54. The molecule has 1 unspecified atom stereocenters. The van der Waals surface area contributed by atoms with E-state index in [9.17, 15) is 9.90 Å². The lowest BCUT2D eigenvalue weighted by molar-refractivity contribution is -0.122. The van der Waals surface area contributed by atoms with E-state index in [2.05, 4.69) is 0 Å². The third-order valence-corrected chi connectivity index (χ3v) is 3.29. The van der Waals surface area contributed by atoms with Gasteiger partial charge in [0.05, 0.1) is 6.61 Å². The van der Waals surface area contributed by atoms with Crippen LogP contribution in [-0.4, -0.2) is 24.1 Å². The maximum absolute atomic E-state index is 11.9. The SMILES string of the molecule is Nc1cc(O)cc(Cl)c1CC(=O)C1CCOC1. The van der Waals surface area contributed by atoms with E-state index < -0.39 is 0 Å². The van der Waals surface area contributed by atoms with Gasteiger partial charge < -0.3 is 15.6 Å². The number of ether oxygens (including phenoxy) is 1. The van der Waals surface area contributed by atoms with E-state index in [1.807, 2.05) is 0 Å². The normalized spacial score (nSPS) is 19.5. The van der Waals surface area contributed by atoms with E-state index in [4.69, 9.17) is 22.1 Å². The topological polar surface area (TPSA) is 72.5 Å². The molecule has 0 saturated carbocycles. The Morgan fingerprint density at radius 3 is 2.94 bits per heavy atom. The zero-order valence-corrected chi connectivity index (χ0v) is 10.0. The number of anilines is 1. The van der Waals surface area contributed by atoms with Crippen molar-refractivity contribution < 1.29 is 14.6 Å². The zero-order valence-electron chi connectivity index (χ0n) is 9.28. The van der Waals surface area contributed by atoms with Gasteiger partial charge >= 0.3 is 0 Å². The fraction of sp³-hybridized carbons (Fsp3) is 0.417. The first-order valence-electron chi connectivity index (χ1n) is 5.45. The second-order valence-electron chi connectivity index (χ2n) is 4.20. The monoisotopic (exact) mass is 255 g/mol. The Hall–Kier alpha value is -1.26. The lowest BCUT2D eigenvalue weighted by Crippen LogP contribution is -2.17. The molecule has 1 aromatic rings. The molecular formula is C12H14ClNO3. The third kappa shape index (κ3) is 2.70. The molecule has 1 aliphatic heterocycles. The Morgan fingerprint density at radius 1 is 1.59 bits per heavy atom. The van der Waals surface area contributed by atoms with Crippen molar-refractivity contribution in [3.8, 4) is 5.75 Å². The quantitative estimate of drug-likeness (QED) is 0.808. The van der Waals surface area contributed by atoms with Crippen molar-refractivity contribution in [2.45, 2.75) is 12.8 Å². The van der Waals surface area contributed by atoms with E-state index in [0.29, 0.717) is 29.5 Å². The molecule has 0 radical (unpaired) electrons. The van der Waals surface area contributed by atoms with Crippen molar-refractivity contribution in [2.75, 3.05) is 18.9 Å². The molecule has 17 heavy (non-hydrogen) atoms. The van der Waals surface area contributed by atoms with E-state index >= 15 is 0 Å². The summed E-state index contributed by atoms with van der Waals surface area (Å²) in [6.07, 6.45) is 0.952. The number of phenols is 1. The summed E-state index contributed by atoms with van der Waals surface area (Å²) in [4.78, 5) is 11.9. The second kappa shape index (κ2) is 4.94. The van der Waals surface area contributed by atoms with Crippen LogP contribution in [0.1, 0.15) is 12.0 Å². The Morgan fingerprint density at radius 2 is 2.35 bits per heavy atom. The highest BCUT2D eigenvalue weighted by atomic mass is 35.5. The van der Waals surface area contributed by atoms with Gasteiger partial charge in [-0.1, -0.05) is 11.6 Å². The molecule has 1 aromatic carbocycles. The molecular weight excluding hydrogens is 242 g/mol.